The number of nitrogens with one attached hydrogen (secondary N) is 1. The second kappa shape index (κ2) is 7.00. The van der Waals surface area contributed by atoms with Crippen molar-refractivity contribution < 1.29 is 14.6 Å². The lowest BCUT2D eigenvalue weighted by Gasteiger charge is -2.10. The number of rotatable bonds is 5. The molecule has 0 aliphatic rings. The van der Waals surface area contributed by atoms with Crippen LogP contribution in [0.4, 0.5) is 5.69 Å². The zero-order chi connectivity index (χ0) is 16.9. The van der Waals surface area contributed by atoms with Crippen LogP contribution in [0.15, 0.2) is 54.7 Å². The summed E-state index contributed by atoms with van der Waals surface area (Å²) < 4.78 is 5.76. The summed E-state index contributed by atoms with van der Waals surface area (Å²) in [6.07, 6.45) is 1.79. The SMILES string of the molecule is CCC(=O)Nc1cnc2cc(OCc3ccccc3)ccc2c1O. The van der Waals surface area contributed by atoms with Gasteiger partial charge in [0.1, 0.15) is 23.8 Å². The zero-order valence-electron chi connectivity index (χ0n) is 13.3. The fourth-order valence-electron chi connectivity index (χ4n) is 2.32. The molecular formula is C19H18N2O3. The summed E-state index contributed by atoms with van der Waals surface area (Å²) in [6.45, 7) is 2.21. The second-order valence-corrected chi connectivity index (χ2v) is 5.38. The summed E-state index contributed by atoms with van der Waals surface area (Å²) in [6, 6.07) is 15.2. The van der Waals surface area contributed by atoms with E-state index in [1.54, 1.807) is 25.1 Å². The van der Waals surface area contributed by atoms with Crippen LogP contribution in [0.5, 0.6) is 11.5 Å². The Morgan fingerprint density at radius 3 is 2.75 bits per heavy atom. The molecule has 0 fully saturated rings. The number of carbonyl (C=O) groups is 1. The standard InChI is InChI=1S/C19H18N2O3/c1-2-18(22)21-17-11-20-16-10-14(8-9-15(16)19(17)23)24-12-13-6-4-3-5-7-13/h3-11H,2,12H2,1H3,(H,20,23)(H,21,22). The normalized spacial score (nSPS) is 10.5. The first-order chi connectivity index (χ1) is 11.7. The van der Waals surface area contributed by atoms with Crippen LogP contribution < -0.4 is 10.1 Å². The van der Waals surface area contributed by atoms with Crippen LogP contribution in [-0.2, 0) is 11.4 Å². The highest BCUT2D eigenvalue weighted by Crippen LogP contribution is 2.33. The highest BCUT2D eigenvalue weighted by molar-refractivity contribution is 5.97. The average molecular weight is 322 g/mol. The minimum atomic E-state index is -0.172. The molecule has 0 radical (unpaired) electrons. The molecule has 0 saturated carbocycles. The molecule has 1 aromatic heterocycles. The average Bonchev–Trinajstić information content (AvgIpc) is 2.63. The molecule has 2 N–H and O–H groups in total. The Bertz CT molecular complexity index is 863. The molecule has 0 spiro atoms. The number of hydrogen-bond acceptors (Lipinski definition) is 4. The lowest BCUT2D eigenvalue weighted by molar-refractivity contribution is -0.115. The summed E-state index contributed by atoms with van der Waals surface area (Å²) in [5, 5.41) is 13.5. The Labute approximate surface area is 139 Å². The molecule has 0 bridgehead atoms. The highest BCUT2D eigenvalue weighted by atomic mass is 16.5. The van der Waals surface area contributed by atoms with Gasteiger partial charge in [-0.2, -0.15) is 0 Å². The Balaban J connectivity index is 1.81. The Hall–Kier alpha value is -3.08. The lowest BCUT2D eigenvalue weighted by Crippen LogP contribution is -2.09. The third-order valence-electron chi connectivity index (χ3n) is 3.66. The van der Waals surface area contributed by atoms with E-state index in [0.29, 0.717) is 35.4 Å². The van der Waals surface area contributed by atoms with Crippen molar-refractivity contribution in [2.75, 3.05) is 5.32 Å². The van der Waals surface area contributed by atoms with Crippen LogP contribution in [0.2, 0.25) is 0 Å². The molecule has 24 heavy (non-hydrogen) atoms. The summed E-state index contributed by atoms with van der Waals surface area (Å²) in [4.78, 5) is 15.8. The number of hydrogen-bond donors (Lipinski definition) is 2. The number of carbonyl (C=O) groups excluding carboxylic acids is 1. The molecule has 0 aliphatic heterocycles. The number of amides is 1. The number of nitrogens with zero attached hydrogens (tertiary/aromatic N) is 1. The third-order valence-corrected chi connectivity index (χ3v) is 3.66. The van der Waals surface area contributed by atoms with E-state index in [1.807, 2.05) is 30.3 Å². The van der Waals surface area contributed by atoms with Gasteiger partial charge in [-0.3, -0.25) is 9.78 Å². The maximum absolute atomic E-state index is 11.5. The predicted molar refractivity (Wildman–Crippen MR) is 93.1 cm³/mol. The molecule has 0 unspecified atom stereocenters. The first kappa shape index (κ1) is 15.8. The number of aromatic nitrogens is 1. The maximum atomic E-state index is 11.5. The lowest BCUT2D eigenvalue weighted by atomic mass is 10.1. The van der Waals surface area contributed by atoms with Gasteiger partial charge in [0.05, 0.1) is 11.7 Å². The third kappa shape index (κ3) is 3.46. The topological polar surface area (TPSA) is 71.5 Å². The Kier molecular flexibility index (Phi) is 4.61. The molecule has 0 saturated heterocycles. The van der Waals surface area contributed by atoms with Gasteiger partial charge < -0.3 is 15.2 Å². The van der Waals surface area contributed by atoms with Crippen LogP contribution in [0.25, 0.3) is 10.9 Å². The van der Waals surface area contributed by atoms with Gasteiger partial charge in [0.15, 0.2) is 0 Å². The van der Waals surface area contributed by atoms with Crippen molar-refractivity contribution in [3.05, 3.63) is 60.3 Å². The van der Waals surface area contributed by atoms with Crippen molar-refractivity contribution in [2.24, 2.45) is 0 Å². The number of fused-ring (bicyclic) bond motifs is 1. The fraction of sp³-hybridized carbons (Fsp3) is 0.158. The summed E-state index contributed by atoms with van der Waals surface area (Å²) >= 11 is 0. The minimum Gasteiger partial charge on any atom is -0.505 e. The molecule has 1 heterocycles. The van der Waals surface area contributed by atoms with E-state index in [2.05, 4.69) is 10.3 Å². The van der Waals surface area contributed by atoms with E-state index < -0.39 is 0 Å². The van der Waals surface area contributed by atoms with Crippen LogP contribution in [-0.4, -0.2) is 16.0 Å². The first-order valence-corrected chi connectivity index (χ1v) is 7.75. The summed E-state index contributed by atoms with van der Waals surface area (Å²) in [7, 11) is 0. The summed E-state index contributed by atoms with van der Waals surface area (Å²) in [5.74, 6) is 0.509. The predicted octanol–water partition coefficient (Wildman–Crippen LogP) is 3.87. The molecule has 2 aromatic carbocycles. The van der Waals surface area contributed by atoms with Crippen molar-refractivity contribution >= 4 is 22.5 Å². The van der Waals surface area contributed by atoms with Crippen LogP contribution in [0.1, 0.15) is 18.9 Å². The Morgan fingerprint density at radius 2 is 2.00 bits per heavy atom. The van der Waals surface area contributed by atoms with Crippen molar-refractivity contribution in [2.45, 2.75) is 20.0 Å². The van der Waals surface area contributed by atoms with Gasteiger partial charge in [-0.25, -0.2) is 0 Å². The summed E-state index contributed by atoms with van der Waals surface area (Å²) in [5.41, 5.74) is 1.99. The van der Waals surface area contributed by atoms with E-state index in [0.717, 1.165) is 5.56 Å². The fourth-order valence-corrected chi connectivity index (χ4v) is 2.32. The number of ether oxygens (including phenoxy) is 1. The van der Waals surface area contributed by atoms with Gasteiger partial charge in [0.25, 0.3) is 0 Å². The molecule has 0 atom stereocenters. The van der Waals surface area contributed by atoms with Crippen LogP contribution in [0.3, 0.4) is 0 Å². The van der Waals surface area contributed by atoms with Gasteiger partial charge >= 0.3 is 0 Å². The molecule has 1 amide bonds. The molecular weight excluding hydrogens is 304 g/mol. The van der Waals surface area contributed by atoms with E-state index in [-0.39, 0.29) is 11.7 Å². The Morgan fingerprint density at radius 1 is 1.21 bits per heavy atom. The largest absolute Gasteiger partial charge is 0.505 e. The smallest absolute Gasteiger partial charge is 0.224 e. The zero-order valence-corrected chi connectivity index (χ0v) is 13.3. The molecule has 5 nitrogen and oxygen atoms in total. The van der Waals surface area contributed by atoms with Gasteiger partial charge in [-0.05, 0) is 17.7 Å². The van der Waals surface area contributed by atoms with Crippen molar-refractivity contribution in [3.8, 4) is 11.5 Å². The minimum absolute atomic E-state index is 0.0106. The molecule has 0 aliphatic carbocycles. The van der Waals surface area contributed by atoms with E-state index in [9.17, 15) is 9.90 Å². The number of aromatic hydroxyl groups is 1. The monoisotopic (exact) mass is 322 g/mol. The second-order valence-electron chi connectivity index (χ2n) is 5.38. The number of benzene rings is 2. The molecule has 3 rings (SSSR count). The van der Waals surface area contributed by atoms with Gasteiger partial charge in [-0.15, -0.1) is 0 Å². The first-order valence-electron chi connectivity index (χ1n) is 7.75. The molecule has 3 aromatic rings. The van der Waals surface area contributed by atoms with Crippen LogP contribution in [0, 0.1) is 0 Å². The van der Waals surface area contributed by atoms with Gasteiger partial charge in [0, 0.05) is 17.9 Å². The van der Waals surface area contributed by atoms with Gasteiger partial charge in [0.2, 0.25) is 5.91 Å². The van der Waals surface area contributed by atoms with Gasteiger partial charge in [-0.1, -0.05) is 37.3 Å². The van der Waals surface area contributed by atoms with Crippen molar-refractivity contribution in [1.82, 2.24) is 4.98 Å². The van der Waals surface area contributed by atoms with E-state index in [1.165, 1.54) is 6.20 Å². The molecule has 5 heteroatoms. The van der Waals surface area contributed by atoms with Crippen molar-refractivity contribution in [1.29, 1.82) is 0 Å². The number of anilines is 1. The quantitative estimate of drug-likeness (QED) is 0.748. The highest BCUT2D eigenvalue weighted by Gasteiger charge is 2.10. The van der Waals surface area contributed by atoms with E-state index in [4.69, 9.17) is 4.74 Å². The molecule has 122 valence electrons. The maximum Gasteiger partial charge on any atom is 0.224 e. The van der Waals surface area contributed by atoms with Crippen LogP contribution >= 0.6 is 0 Å². The number of pyridine rings is 1. The van der Waals surface area contributed by atoms with Crippen molar-refractivity contribution in [3.63, 3.8) is 0 Å². The van der Waals surface area contributed by atoms with E-state index >= 15 is 0 Å².